The molecule has 0 saturated heterocycles. The molecule has 5 heteroatoms. The molecule has 2 aromatic rings. The van der Waals surface area contributed by atoms with Crippen molar-refractivity contribution >= 4 is 23.0 Å². The van der Waals surface area contributed by atoms with E-state index in [9.17, 15) is 9.59 Å². The van der Waals surface area contributed by atoms with E-state index in [1.54, 1.807) is 13.0 Å². The predicted octanol–water partition coefficient (Wildman–Crippen LogP) is 3.22. The Balaban J connectivity index is 1.97. The summed E-state index contributed by atoms with van der Waals surface area (Å²) in [5, 5.41) is 4.89. The number of rotatable bonds is 7. The zero-order valence-electron chi connectivity index (χ0n) is 14.6. The first-order chi connectivity index (χ1) is 11.4. The number of benzene rings is 1. The number of likely N-dealkylation sites (N-methyl/N-ethyl adjacent to an activating group) is 1. The maximum atomic E-state index is 12.2. The molecule has 0 unspecified atom stereocenters. The van der Waals surface area contributed by atoms with E-state index in [0.717, 1.165) is 5.56 Å². The van der Waals surface area contributed by atoms with Gasteiger partial charge in [0.2, 0.25) is 5.91 Å². The van der Waals surface area contributed by atoms with Gasteiger partial charge in [-0.25, -0.2) is 0 Å². The van der Waals surface area contributed by atoms with Gasteiger partial charge in [0.1, 0.15) is 0 Å². The lowest BCUT2D eigenvalue weighted by atomic mass is 10.0. The average Bonchev–Trinajstić information content (AvgIpc) is 2.97. The number of ketones is 1. The number of amides is 1. The van der Waals surface area contributed by atoms with Crippen LogP contribution in [-0.4, -0.2) is 37.2 Å². The molecule has 1 aromatic heterocycles. The average molecular weight is 344 g/mol. The van der Waals surface area contributed by atoms with Crippen LogP contribution in [0.2, 0.25) is 0 Å². The van der Waals surface area contributed by atoms with E-state index in [2.05, 4.69) is 29.3 Å². The van der Waals surface area contributed by atoms with Gasteiger partial charge in [-0.1, -0.05) is 24.3 Å². The lowest BCUT2D eigenvalue weighted by Crippen LogP contribution is -2.35. The summed E-state index contributed by atoms with van der Waals surface area (Å²) >= 11 is 1.39. The van der Waals surface area contributed by atoms with E-state index in [1.165, 1.54) is 22.5 Å². The molecule has 0 aliphatic rings. The Kier molecular flexibility index (Phi) is 6.29. The second-order valence-electron chi connectivity index (χ2n) is 6.19. The Labute approximate surface area is 147 Å². The normalized spacial score (nSPS) is 12.2. The molecule has 2 rings (SSSR count). The van der Waals surface area contributed by atoms with Gasteiger partial charge in [0.05, 0.1) is 17.3 Å². The summed E-state index contributed by atoms with van der Waals surface area (Å²) in [4.78, 5) is 26.4. The van der Waals surface area contributed by atoms with Crippen molar-refractivity contribution in [3.05, 3.63) is 57.3 Å². The van der Waals surface area contributed by atoms with E-state index in [-0.39, 0.29) is 17.7 Å². The van der Waals surface area contributed by atoms with Crippen molar-refractivity contribution in [2.75, 3.05) is 20.6 Å². The van der Waals surface area contributed by atoms with Crippen molar-refractivity contribution in [1.82, 2.24) is 10.2 Å². The SMILES string of the molecule is CC(=O)c1cc(CC(=O)NC[C@H](c2ccccc2C)N(C)C)cs1. The topological polar surface area (TPSA) is 49.4 Å². The number of nitrogens with one attached hydrogen (secondary N) is 1. The largest absolute Gasteiger partial charge is 0.354 e. The van der Waals surface area contributed by atoms with Crippen LogP contribution in [0.5, 0.6) is 0 Å². The Morgan fingerprint density at radius 1 is 1.25 bits per heavy atom. The Bertz CT molecular complexity index is 722. The minimum absolute atomic E-state index is 0.0247. The highest BCUT2D eigenvalue weighted by molar-refractivity contribution is 7.12. The molecule has 128 valence electrons. The van der Waals surface area contributed by atoms with Crippen LogP contribution in [0.3, 0.4) is 0 Å². The van der Waals surface area contributed by atoms with Gasteiger partial charge in [0, 0.05) is 6.54 Å². The van der Waals surface area contributed by atoms with Gasteiger partial charge < -0.3 is 10.2 Å². The highest BCUT2D eigenvalue weighted by Gasteiger charge is 2.17. The molecule has 24 heavy (non-hydrogen) atoms. The van der Waals surface area contributed by atoms with Gasteiger partial charge in [-0.3, -0.25) is 9.59 Å². The van der Waals surface area contributed by atoms with Gasteiger partial charge in [-0.2, -0.15) is 0 Å². The monoisotopic (exact) mass is 344 g/mol. The molecular formula is C19H24N2O2S. The number of Topliss-reactive ketones (excluding diaryl/α,β-unsaturated/α-hetero) is 1. The third-order valence-electron chi connectivity index (χ3n) is 4.03. The quantitative estimate of drug-likeness (QED) is 0.785. The summed E-state index contributed by atoms with van der Waals surface area (Å²) < 4.78 is 0. The molecule has 0 aliphatic heterocycles. The van der Waals surface area contributed by atoms with Crippen LogP contribution in [-0.2, 0) is 11.2 Å². The molecule has 0 radical (unpaired) electrons. The molecule has 1 atom stereocenters. The molecule has 0 aliphatic carbocycles. The van der Waals surface area contributed by atoms with Crippen molar-refractivity contribution in [2.45, 2.75) is 26.3 Å². The van der Waals surface area contributed by atoms with E-state index >= 15 is 0 Å². The Morgan fingerprint density at radius 2 is 1.96 bits per heavy atom. The number of hydrogen-bond donors (Lipinski definition) is 1. The Morgan fingerprint density at radius 3 is 2.54 bits per heavy atom. The van der Waals surface area contributed by atoms with Crippen LogP contribution < -0.4 is 5.32 Å². The third kappa shape index (κ3) is 4.76. The number of thiophene rings is 1. The van der Waals surface area contributed by atoms with Gasteiger partial charge in [0.15, 0.2) is 5.78 Å². The molecule has 1 heterocycles. The van der Waals surface area contributed by atoms with Crippen LogP contribution in [0.15, 0.2) is 35.7 Å². The molecule has 0 fully saturated rings. The standard InChI is InChI=1S/C19H24N2O2S/c1-13-7-5-6-8-16(13)17(21(3)4)11-20-19(23)10-15-9-18(14(2)22)24-12-15/h5-9,12,17H,10-11H2,1-4H3,(H,20,23)/t17-/m1/s1. The number of hydrogen-bond acceptors (Lipinski definition) is 4. The summed E-state index contributed by atoms with van der Waals surface area (Å²) in [5.41, 5.74) is 3.33. The fourth-order valence-corrected chi connectivity index (χ4v) is 3.46. The van der Waals surface area contributed by atoms with Gasteiger partial charge in [0.25, 0.3) is 0 Å². The van der Waals surface area contributed by atoms with Crippen LogP contribution >= 0.6 is 11.3 Å². The maximum Gasteiger partial charge on any atom is 0.224 e. The van der Waals surface area contributed by atoms with Crippen molar-refractivity contribution in [2.24, 2.45) is 0 Å². The maximum absolute atomic E-state index is 12.2. The minimum atomic E-state index is -0.0247. The summed E-state index contributed by atoms with van der Waals surface area (Å²) in [7, 11) is 4.03. The summed E-state index contributed by atoms with van der Waals surface area (Å²) in [6.07, 6.45) is 0.303. The first-order valence-electron chi connectivity index (χ1n) is 7.95. The molecule has 0 saturated carbocycles. The van der Waals surface area contributed by atoms with E-state index < -0.39 is 0 Å². The third-order valence-corrected chi connectivity index (χ3v) is 5.11. The van der Waals surface area contributed by atoms with Crippen LogP contribution in [0, 0.1) is 6.92 Å². The molecule has 1 N–H and O–H groups in total. The number of nitrogens with zero attached hydrogens (tertiary/aromatic N) is 1. The van der Waals surface area contributed by atoms with Crippen molar-refractivity contribution in [1.29, 1.82) is 0 Å². The zero-order chi connectivity index (χ0) is 17.7. The second-order valence-corrected chi connectivity index (χ2v) is 7.10. The van der Waals surface area contributed by atoms with Gasteiger partial charge in [-0.05, 0) is 56.1 Å². The van der Waals surface area contributed by atoms with E-state index in [1.807, 2.05) is 31.6 Å². The van der Waals surface area contributed by atoms with Crippen LogP contribution in [0.4, 0.5) is 0 Å². The lowest BCUT2D eigenvalue weighted by molar-refractivity contribution is -0.120. The van der Waals surface area contributed by atoms with Crippen molar-refractivity contribution < 1.29 is 9.59 Å². The first kappa shape index (κ1) is 18.4. The minimum Gasteiger partial charge on any atom is -0.354 e. The highest BCUT2D eigenvalue weighted by Crippen LogP contribution is 2.21. The molecule has 1 aromatic carbocycles. The number of carbonyl (C=O) groups excluding carboxylic acids is 2. The summed E-state index contributed by atoms with van der Waals surface area (Å²) in [5.74, 6) is 0.0159. The van der Waals surface area contributed by atoms with Gasteiger partial charge in [-0.15, -0.1) is 11.3 Å². The predicted molar refractivity (Wildman–Crippen MR) is 98.6 cm³/mol. The molecule has 0 bridgehead atoms. The van der Waals surface area contributed by atoms with Gasteiger partial charge >= 0.3 is 0 Å². The van der Waals surface area contributed by atoms with Crippen LogP contribution in [0.1, 0.15) is 39.3 Å². The number of aryl methyl sites for hydroxylation is 1. The lowest BCUT2D eigenvalue weighted by Gasteiger charge is -2.26. The fraction of sp³-hybridized carbons (Fsp3) is 0.368. The molecular weight excluding hydrogens is 320 g/mol. The first-order valence-corrected chi connectivity index (χ1v) is 8.83. The summed E-state index contributed by atoms with van der Waals surface area (Å²) in [6, 6.07) is 10.2. The Hall–Kier alpha value is -1.98. The smallest absolute Gasteiger partial charge is 0.224 e. The highest BCUT2D eigenvalue weighted by atomic mass is 32.1. The van der Waals surface area contributed by atoms with E-state index in [0.29, 0.717) is 17.8 Å². The van der Waals surface area contributed by atoms with Crippen LogP contribution in [0.25, 0.3) is 0 Å². The number of carbonyl (C=O) groups is 2. The molecule has 4 nitrogen and oxygen atoms in total. The van der Waals surface area contributed by atoms with Crippen molar-refractivity contribution in [3.63, 3.8) is 0 Å². The zero-order valence-corrected chi connectivity index (χ0v) is 15.4. The second kappa shape index (κ2) is 8.22. The van der Waals surface area contributed by atoms with Crippen molar-refractivity contribution in [3.8, 4) is 0 Å². The fourth-order valence-electron chi connectivity index (χ4n) is 2.64. The van der Waals surface area contributed by atoms with E-state index in [4.69, 9.17) is 0 Å². The summed E-state index contributed by atoms with van der Waals surface area (Å²) in [6.45, 7) is 4.18. The molecule has 0 spiro atoms. The molecule has 1 amide bonds.